The van der Waals surface area contributed by atoms with E-state index in [2.05, 4.69) is 6.58 Å². The summed E-state index contributed by atoms with van der Waals surface area (Å²) in [6.45, 7) is 4.19. The fraction of sp³-hybridized carbons (Fsp3) is 0.400. The zero-order valence-electron chi connectivity index (χ0n) is 4.59. The second-order valence-electron chi connectivity index (χ2n) is 1.49. The molecule has 3 nitrogen and oxygen atoms in total. The topological polar surface area (TPSA) is 57.5 Å². The summed E-state index contributed by atoms with van der Waals surface area (Å²) in [7, 11) is 0. The van der Waals surface area contributed by atoms with E-state index in [0.29, 0.717) is 0 Å². The van der Waals surface area contributed by atoms with E-state index < -0.39 is 17.6 Å². The van der Waals surface area contributed by atoms with Crippen molar-refractivity contribution in [3.8, 4) is 0 Å². The van der Waals surface area contributed by atoms with E-state index in [0.717, 1.165) is 0 Å². The molecule has 0 rings (SSSR count). The fourth-order valence-electron chi connectivity index (χ4n) is 0.241. The van der Waals surface area contributed by atoms with Crippen LogP contribution < -0.4 is 0 Å². The molecule has 0 aliphatic rings. The van der Waals surface area contributed by atoms with Crippen LogP contribution in [0.25, 0.3) is 0 Å². The standard InChI is InChI=1S/C5H8O3/c1-3(6)5(8)4(2)7/h4,6-7H,1H2,2H3. The largest absolute Gasteiger partial charge is 0.505 e. The zero-order chi connectivity index (χ0) is 6.73. The molecular formula is C5H8O3. The Morgan fingerprint density at radius 2 is 2.12 bits per heavy atom. The maximum atomic E-state index is 10.2. The van der Waals surface area contributed by atoms with Gasteiger partial charge in [0.25, 0.3) is 0 Å². The van der Waals surface area contributed by atoms with Crippen molar-refractivity contribution < 1.29 is 15.0 Å². The smallest absolute Gasteiger partial charge is 0.224 e. The van der Waals surface area contributed by atoms with Crippen LogP contribution in [0.1, 0.15) is 6.92 Å². The minimum absolute atomic E-state index is 0.597. The molecule has 0 radical (unpaired) electrons. The van der Waals surface area contributed by atoms with Gasteiger partial charge in [0.1, 0.15) is 6.10 Å². The van der Waals surface area contributed by atoms with Crippen LogP contribution in [0.5, 0.6) is 0 Å². The van der Waals surface area contributed by atoms with E-state index in [4.69, 9.17) is 10.2 Å². The van der Waals surface area contributed by atoms with Crippen molar-refractivity contribution in [3.63, 3.8) is 0 Å². The van der Waals surface area contributed by atoms with E-state index in [1.807, 2.05) is 0 Å². The highest BCUT2D eigenvalue weighted by Gasteiger charge is 2.10. The first kappa shape index (κ1) is 7.17. The molecule has 0 saturated heterocycles. The van der Waals surface area contributed by atoms with Gasteiger partial charge in [0.15, 0.2) is 5.76 Å². The van der Waals surface area contributed by atoms with E-state index in [1.54, 1.807) is 0 Å². The lowest BCUT2D eigenvalue weighted by molar-refractivity contribution is -0.124. The molecule has 3 heteroatoms. The number of ketones is 1. The van der Waals surface area contributed by atoms with Crippen LogP contribution in [-0.2, 0) is 4.79 Å². The number of aliphatic hydroxyl groups is 2. The first-order valence-corrected chi connectivity index (χ1v) is 2.16. The third kappa shape index (κ3) is 1.75. The summed E-state index contributed by atoms with van der Waals surface area (Å²) in [5.41, 5.74) is 0. The molecule has 0 aromatic carbocycles. The Labute approximate surface area is 47.3 Å². The number of Topliss-reactive ketones (excluding diaryl/α,β-unsaturated/α-hetero) is 1. The number of rotatable bonds is 2. The van der Waals surface area contributed by atoms with Crippen molar-refractivity contribution in [2.45, 2.75) is 13.0 Å². The summed E-state index contributed by atoms with van der Waals surface area (Å²) in [5.74, 6) is -1.33. The van der Waals surface area contributed by atoms with Gasteiger partial charge < -0.3 is 10.2 Å². The molecule has 0 amide bonds. The average Bonchev–Trinajstić information content (AvgIpc) is 1.64. The first-order valence-electron chi connectivity index (χ1n) is 2.16. The summed E-state index contributed by atoms with van der Waals surface area (Å²) in [5, 5.41) is 16.7. The van der Waals surface area contributed by atoms with Crippen LogP contribution >= 0.6 is 0 Å². The van der Waals surface area contributed by atoms with Gasteiger partial charge in [0.2, 0.25) is 5.78 Å². The highest BCUT2D eigenvalue weighted by Crippen LogP contribution is 1.90. The molecular weight excluding hydrogens is 108 g/mol. The van der Waals surface area contributed by atoms with E-state index in [1.165, 1.54) is 6.92 Å². The van der Waals surface area contributed by atoms with Gasteiger partial charge in [0, 0.05) is 0 Å². The second-order valence-corrected chi connectivity index (χ2v) is 1.49. The Morgan fingerprint density at radius 3 is 2.12 bits per heavy atom. The molecule has 1 atom stereocenters. The molecule has 0 heterocycles. The van der Waals surface area contributed by atoms with Crippen LogP contribution in [-0.4, -0.2) is 22.1 Å². The quantitative estimate of drug-likeness (QED) is 0.394. The summed E-state index contributed by atoms with van der Waals surface area (Å²) in [6, 6.07) is 0. The highest BCUT2D eigenvalue weighted by atomic mass is 16.3. The van der Waals surface area contributed by atoms with Crippen LogP contribution in [0, 0.1) is 0 Å². The fourth-order valence-corrected chi connectivity index (χ4v) is 0.241. The van der Waals surface area contributed by atoms with Crippen LogP contribution in [0.3, 0.4) is 0 Å². The lowest BCUT2D eigenvalue weighted by Gasteiger charge is -1.97. The number of carbonyl (C=O) groups excluding carboxylic acids is 1. The van der Waals surface area contributed by atoms with Crippen molar-refractivity contribution in [3.05, 3.63) is 12.3 Å². The van der Waals surface area contributed by atoms with Gasteiger partial charge in [0.05, 0.1) is 0 Å². The van der Waals surface area contributed by atoms with Crippen molar-refractivity contribution in [2.75, 3.05) is 0 Å². The number of aliphatic hydroxyl groups excluding tert-OH is 2. The Kier molecular flexibility index (Phi) is 2.21. The predicted molar refractivity (Wildman–Crippen MR) is 28.5 cm³/mol. The number of carbonyl (C=O) groups is 1. The van der Waals surface area contributed by atoms with E-state index in [9.17, 15) is 4.79 Å². The second kappa shape index (κ2) is 2.47. The van der Waals surface area contributed by atoms with E-state index in [-0.39, 0.29) is 0 Å². The number of hydrogen-bond donors (Lipinski definition) is 2. The molecule has 0 aliphatic carbocycles. The first-order chi connectivity index (χ1) is 3.55. The normalized spacial score (nSPS) is 12.8. The Bertz CT molecular complexity index is 115. The van der Waals surface area contributed by atoms with Gasteiger partial charge in [-0.2, -0.15) is 0 Å². The monoisotopic (exact) mass is 116 g/mol. The summed E-state index contributed by atoms with van der Waals surface area (Å²) < 4.78 is 0. The molecule has 8 heavy (non-hydrogen) atoms. The van der Waals surface area contributed by atoms with Crippen molar-refractivity contribution >= 4 is 5.78 Å². The lowest BCUT2D eigenvalue weighted by atomic mass is 10.2. The molecule has 1 unspecified atom stereocenters. The molecule has 2 N–H and O–H groups in total. The summed E-state index contributed by atoms with van der Waals surface area (Å²) in [4.78, 5) is 10.2. The molecule has 0 saturated carbocycles. The van der Waals surface area contributed by atoms with Crippen molar-refractivity contribution in [1.29, 1.82) is 0 Å². The molecule has 0 aromatic heterocycles. The number of hydrogen-bond acceptors (Lipinski definition) is 3. The summed E-state index contributed by atoms with van der Waals surface area (Å²) in [6.07, 6.45) is -1.15. The molecule has 46 valence electrons. The van der Waals surface area contributed by atoms with Crippen LogP contribution in [0.2, 0.25) is 0 Å². The minimum Gasteiger partial charge on any atom is -0.505 e. The zero-order valence-corrected chi connectivity index (χ0v) is 4.59. The molecule has 0 bridgehead atoms. The predicted octanol–water partition coefficient (Wildman–Crippen LogP) is 0.00800. The molecule has 0 fully saturated rings. The third-order valence-corrected chi connectivity index (χ3v) is 0.664. The van der Waals surface area contributed by atoms with Gasteiger partial charge in [-0.25, -0.2) is 0 Å². The van der Waals surface area contributed by atoms with Gasteiger partial charge in [-0.05, 0) is 6.92 Å². The Morgan fingerprint density at radius 1 is 1.75 bits per heavy atom. The Balaban J connectivity index is 3.84. The Hall–Kier alpha value is -0.830. The average molecular weight is 116 g/mol. The van der Waals surface area contributed by atoms with Crippen LogP contribution in [0.15, 0.2) is 12.3 Å². The van der Waals surface area contributed by atoms with Gasteiger partial charge in [-0.1, -0.05) is 6.58 Å². The SMILES string of the molecule is C=C(O)C(=O)C(C)O. The molecule has 0 spiro atoms. The summed E-state index contributed by atoms with van der Waals surface area (Å²) >= 11 is 0. The van der Waals surface area contributed by atoms with Gasteiger partial charge >= 0.3 is 0 Å². The maximum Gasteiger partial charge on any atom is 0.224 e. The van der Waals surface area contributed by atoms with Crippen molar-refractivity contribution in [2.24, 2.45) is 0 Å². The van der Waals surface area contributed by atoms with Gasteiger partial charge in [-0.15, -0.1) is 0 Å². The van der Waals surface area contributed by atoms with Crippen LogP contribution in [0.4, 0.5) is 0 Å². The molecule has 0 aromatic rings. The highest BCUT2D eigenvalue weighted by molar-refractivity contribution is 5.95. The molecule has 0 aliphatic heterocycles. The maximum absolute atomic E-state index is 10.2. The third-order valence-electron chi connectivity index (χ3n) is 0.664. The van der Waals surface area contributed by atoms with Gasteiger partial charge in [-0.3, -0.25) is 4.79 Å². The minimum atomic E-state index is -1.15. The van der Waals surface area contributed by atoms with E-state index >= 15 is 0 Å². The lowest BCUT2D eigenvalue weighted by Crippen LogP contribution is -2.17. The van der Waals surface area contributed by atoms with Crippen molar-refractivity contribution in [1.82, 2.24) is 0 Å².